The Morgan fingerprint density at radius 3 is 2.45 bits per heavy atom. The molecule has 0 atom stereocenters. The lowest BCUT2D eigenvalue weighted by Crippen LogP contribution is -2.41. The number of aromatic nitrogens is 4. The quantitative estimate of drug-likeness (QED) is 0.515. The molecule has 0 unspecified atom stereocenters. The molecular formula is C20H19N5O3S. The number of Topliss-reactive ketones (excluding diaryl/α,β-unsaturated/α-hetero) is 1. The molecule has 0 amide bonds. The highest BCUT2D eigenvalue weighted by atomic mass is 32.2. The number of imidazole rings is 1. The van der Waals surface area contributed by atoms with E-state index in [1.165, 1.54) is 10.2 Å². The fourth-order valence-electron chi connectivity index (χ4n) is 3.74. The Bertz CT molecular complexity index is 1340. The van der Waals surface area contributed by atoms with Crippen LogP contribution in [0.4, 0.5) is 0 Å². The zero-order valence-electron chi connectivity index (χ0n) is 15.8. The van der Waals surface area contributed by atoms with Gasteiger partial charge in [0.05, 0.1) is 11.1 Å². The molecule has 0 radical (unpaired) electrons. The highest BCUT2D eigenvalue weighted by molar-refractivity contribution is 7.90. The van der Waals surface area contributed by atoms with Gasteiger partial charge in [0.15, 0.2) is 5.65 Å². The average Bonchev–Trinajstić information content (AvgIpc) is 3.33. The van der Waals surface area contributed by atoms with E-state index >= 15 is 0 Å². The topological polar surface area (TPSA) is 90.1 Å². The summed E-state index contributed by atoms with van der Waals surface area (Å²) in [6.45, 7) is 3.13. The molecular weight excluding hydrogens is 390 g/mol. The van der Waals surface area contributed by atoms with Crippen molar-refractivity contribution in [1.82, 2.24) is 18.6 Å². The van der Waals surface area contributed by atoms with Gasteiger partial charge in [-0.05, 0) is 25.1 Å². The normalized spacial score (nSPS) is 15.5. The first-order valence-electron chi connectivity index (χ1n) is 9.37. The summed E-state index contributed by atoms with van der Waals surface area (Å²) in [7, 11) is -3.77. The van der Waals surface area contributed by atoms with Crippen LogP contribution in [0, 0.1) is 6.92 Å². The van der Waals surface area contributed by atoms with Crippen molar-refractivity contribution in [3.8, 4) is 0 Å². The number of piperidine rings is 1. The van der Waals surface area contributed by atoms with Crippen LogP contribution in [0.2, 0.25) is 0 Å². The number of aryl methyl sites for hydroxylation is 1. The summed E-state index contributed by atoms with van der Waals surface area (Å²) in [5.41, 5.74) is 2.82. The van der Waals surface area contributed by atoms with Gasteiger partial charge in [0, 0.05) is 37.5 Å². The van der Waals surface area contributed by atoms with Gasteiger partial charge >= 0.3 is 0 Å². The summed E-state index contributed by atoms with van der Waals surface area (Å²) in [6, 6.07) is 8.51. The van der Waals surface area contributed by atoms with Crippen LogP contribution in [0.25, 0.3) is 22.1 Å². The third-order valence-corrected chi connectivity index (χ3v) is 7.03. The fourth-order valence-corrected chi connectivity index (χ4v) is 5.04. The molecule has 1 aliphatic heterocycles. The maximum Gasteiger partial charge on any atom is 0.269 e. The minimum atomic E-state index is -3.77. The summed E-state index contributed by atoms with van der Waals surface area (Å²) >= 11 is 0. The lowest BCUT2D eigenvalue weighted by Gasteiger charge is -2.29. The largest absolute Gasteiger partial charge is 0.310 e. The van der Waals surface area contributed by atoms with Crippen molar-refractivity contribution in [3.05, 3.63) is 54.6 Å². The first-order valence-corrected chi connectivity index (χ1v) is 10.8. The maximum atomic E-state index is 13.2. The van der Waals surface area contributed by atoms with E-state index in [-0.39, 0.29) is 10.7 Å². The first-order chi connectivity index (χ1) is 13.9. The van der Waals surface area contributed by atoms with Gasteiger partial charge in [-0.2, -0.15) is 0 Å². The van der Waals surface area contributed by atoms with Crippen molar-refractivity contribution < 1.29 is 13.2 Å². The molecule has 1 fully saturated rings. The number of fused-ring (bicyclic) bond motifs is 3. The van der Waals surface area contributed by atoms with E-state index in [0.29, 0.717) is 42.5 Å². The molecule has 3 aromatic heterocycles. The number of nitrogens with zero attached hydrogens (tertiary/aromatic N) is 5. The minimum absolute atomic E-state index is 0.213. The number of benzene rings is 1. The van der Waals surface area contributed by atoms with Crippen LogP contribution in [0.3, 0.4) is 0 Å². The van der Waals surface area contributed by atoms with Gasteiger partial charge in [0.2, 0.25) is 0 Å². The van der Waals surface area contributed by atoms with Gasteiger partial charge in [0.25, 0.3) is 10.0 Å². The van der Waals surface area contributed by atoms with Crippen molar-refractivity contribution in [2.75, 3.05) is 18.1 Å². The molecule has 4 heterocycles. The van der Waals surface area contributed by atoms with Crippen LogP contribution in [-0.2, 0) is 14.8 Å². The number of ketones is 1. The zero-order chi connectivity index (χ0) is 20.2. The zero-order valence-corrected chi connectivity index (χ0v) is 16.6. The van der Waals surface area contributed by atoms with Crippen LogP contribution in [0.1, 0.15) is 18.4 Å². The van der Waals surface area contributed by atoms with E-state index in [4.69, 9.17) is 0 Å². The van der Waals surface area contributed by atoms with Crippen molar-refractivity contribution in [2.45, 2.75) is 24.7 Å². The first kappa shape index (κ1) is 17.9. The molecule has 0 saturated carbocycles. The van der Waals surface area contributed by atoms with Crippen LogP contribution >= 0.6 is 0 Å². The van der Waals surface area contributed by atoms with Gasteiger partial charge < -0.3 is 5.01 Å². The fraction of sp³-hybridized carbons (Fsp3) is 0.250. The molecule has 0 aliphatic carbocycles. The lowest BCUT2D eigenvalue weighted by molar-refractivity contribution is -0.119. The summed E-state index contributed by atoms with van der Waals surface area (Å²) in [5.74, 6) is 0.257. The summed E-state index contributed by atoms with van der Waals surface area (Å²) in [5, 5.41) is 2.76. The average molecular weight is 409 g/mol. The number of hydrogen-bond acceptors (Lipinski definition) is 6. The van der Waals surface area contributed by atoms with Gasteiger partial charge in [0.1, 0.15) is 23.1 Å². The molecule has 0 bridgehead atoms. The molecule has 0 N–H and O–H groups in total. The summed E-state index contributed by atoms with van der Waals surface area (Å²) in [4.78, 5) is 20.6. The Morgan fingerprint density at radius 1 is 1.00 bits per heavy atom. The van der Waals surface area contributed by atoms with Crippen molar-refractivity contribution in [2.24, 2.45) is 0 Å². The van der Waals surface area contributed by atoms with E-state index in [9.17, 15) is 13.2 Å². The van der Waals surface area contributed by atoms with Crippen LogP contribution in [0.5, 0.6) is 0 Å². The molecule has 9 heteroatoms. The number of pyridine rings is 1. The number of hydrogen-bond donors (Lipinski definition) is 0. The predicted octanol–water partition coefficient (Wildman–Crippen LogP) is 2.23. The highest BCUT2D eigenvalue weighted by Crippen LogP contribution is 2.27. The molecule has 148 valence electrons. The van der Waals surface area contributed by atoms with Gasteiger partial charge in [-0.15, -0.1) is 0 Å². The van der Waals surface area contributed by atoms with Crippen molar-refractivity contribution >= 4 is 37.9 Å². The Balaban J connectivity index is 1.67. The van der Waals surface area contributed by atoms with Crippen LogP contribution in [-0.4, -0.2) is 45.9 Å². The lowest BCUT2D eigenvalue weighted by atomic mass is 10.1. The van der Waals surface area contributed by atoms with E-state index in [1.807, 2.05) is 11.6 Å². The SMILES string of the molecule is Cc1ccc(S(=O)(=O)n2ccc3c4c(cnc32)ncn4N2CCC(=O)CC2)cc1. The molecule has 4 aromatic rings. The second kappa shape index (κ2) is 6.41. The Morgan fingerprint density at radius 2 is 1.72 bits per heavy atom. The molecule has 0 spiro atoms. The minimum Gasteiger partial charge on any atom is -0.310 e. The molecule has 1 aromatic carbocycles. The summed E-state index contributed by atoms with van der Waals surface area (Å²) < 4.78 is 29.5. The van der Waals surface area contributed by atoms with Gasteiger partial charge in [-0.25, -0.2) is 27.0 Å². The molecule has 1 saturated heterocycles. The molecule has 29 heavy (non-hydrogen) atoms. The molecule has 1 aliphatic rings. The third-order valence-electron chi connectivity index (χ3n) is 5.35. The van der Waals surface area contributed by atoms with Gasteiger partial charge in [-0.3, -0.25) is 4.79 Å². The third kappa shape index (κ3) is 2.80. The number of rotatable bonds is 3. The highest BCUT2D eigenvalue weighted by Gasteiger charge is 2.23. The smallest absolute Gasteiger partial charge is 0.269 e. The summed E-state index contributed by atoms with van der Waals surface area (Å²) in [6.07, 6.45) is 5.81. The Hall–Kier alpha value is -3.20. The standard InChI is InChI=1S/C20H19N5O3S/c1-14-2-4-16(5-3-14)29(27,28)25-11-8-17-19-18(12-21-20(17)25)22-13-24(19)23-9-6-15(26)7-10-23/h2-5,8,11-13H,6-7,9-10H2,1H3. The molecule has 8 nitrogen and oxygen atoms in total. The predicted molar refractivity (Wildman–Crippen MR) is 109 cm³/mol. The second-order valence-corrected chi connectivity index (χ2v) is 9.06. The van der Waals surface area contributed by atoms with Crippen molar-refractivity contribution in [3.63, 3.8) is 0 Å². The Labute approximate surface area is 167 Å². The van der Waals surface area contributed by atoms with E-state index < -0.39 is 10.0 Å². The van der Waals surface area contributed by atoms with E-state index in [0.717, 1.165) is 11.1 Å². The second-order valence-electron chi connectivity index (χ2n) is 7.24. The van der Waals surface area contributed by atoms with E-state index in [1.54, 1.807) is 42.9 Å². The molecule has 5 rings (SSSR count). The number of carbonyl (C=O) groups is 1. The number of carbonyl (C=O) groups excluding carboxylic acids is 1. The van der Waals surface area contributed by atoms with Gasteiger partial charge in [-0.1, -0.05) is 17.7 Å². The Kier molecular flexibility index (Phi) is 3.95. The van der Waals surface area contributed by atoms with Crippen LogP contribution in [0.15, 0.2) is 53.9 Å². The monoisotopic (exact) mass is 409 g/mol. The van der Waals surface area contributed by atoms with Crippen LogP contribution < -0.4 is 5.01 Å². The van der Waals surface area contributed by atoms with Crippen molar-refractivity contribution in [1.29, 1.82) is 0 Å². The van der Waals surface area contributed by atoms with E-state index in [2.05, 4.69) is 15.0 Å². The maximum absolute atomic E-state index is 13.2.